The smallest absolute Gasteiger partial charge is 0.0238 e. The zero-order valence-corrected chi connectivity index (χ0v) is 8.19. The highest BCUT2D eigenvalue weighted by Crippen LogP contribution is 1.92. The van der Waals surface area contributed by atoms with Gasteiger partial charge < -0.3 is 0 Å². The van der Waals surface area contributed by atoms with Crippen molar-refractivity contribution in [3.63, 3.8) is 0 Å². The van der Waals surface area contributed by atoms with Crippen LogP contribution in [0.3, 0.4) is 0 Å². The lowest BCUT2D eigenvalue weighted by molar-refractivity contribution is 1.62. The molecule has 0 aliphatic heterocycles. The predicted molar refractivity (Wildman–Crippen MR) is 61.8 cm³/mol. The van der Waals surface area contributed by atoms with Crippen LogP contribution in [0.2, 0.25) is 0 Å². The molecular formula is C14H14. The summed E-state index contributed by atoms with van der Waals surface area (Å²) in [5.74, 6) is 0. The Morgan fingerprint density at radius 3 is 0.929 bits per heavy atom. The Hall–Kier alpha value is -1.56. The highest BCUT2D eigenvalue weighted by molar-refractivity contribution is 5.17. The van der Waals surface area contributed by atoms with E-state index < -0.39 is 0 Å². The Morgan fingerprint density at radius 2 is 0.786 bits per heavy atom. The minimum atomic E-state index is 1.07. The standard InChI is InChI=1S/2C7H7/c2*1-7-5-3-2-4-6-7/h2*2-6H,1H2. The second-order valence-electron chi connectivity index (χ2n) is 2.97. The summed E-state index contributed by atoms with van der Waals surface area (Å²) in [6, 6.07) is 19.7. The summed E-state index contributed by atoms with van der Waals surface area (Å²) in [5.41, 5.74) is 2.14. The summed E-state index contributed by atoms with van der Waals surface area (Å²) in [4.78, 5) is 0. The third kappa shape index (κ3) is 4.46. The van der Waals surface area contributed by atoms with Crippen LogP contribution in [-0.2, 0) is 0 Å². The van der Waals surface area contributed by atoms with Crippen molar-refractivity contribution in [2.24, 2.45) is 0 Å². The fourth-order valence-corrected chi connectivity index (χ4v) is 0.956. The SMILES string of the molecule is [CH2]c1ccccc1.[CH2]c1ccccc1. The van der Waals surface area contributed by atoms with Crippen LogP contribution in [0.4, 0.5) is 0 Å². The van der Waals surface area contributed by atoms with Crippen molar-refractivity contribution in [2.45, 2.75) is 0 Å². The molecule has 0 heterocycles. The molecule has 0 N–H and O–H groups in total. The average Bonchev–Trinajstić information content (AvgIpc) is 2.21. The monoisotopic (exact) mass is 182 g/mol. The van der Waals surface area contributed by atoms with Crippen molar-refractivity contribution in [3.05, 3.63) is 85.6 Å². The normalized spacial score (nSPS) is 8.71. The van der Waals surface area contributed by atoms with Crippen LogP contribution in [0.5, 0.6) is 0 Å². The fraction of sp³-hybridized carbons (Fsp3) is 0. The maximum absolute atomic E-state index is 3.72. The molecule has 2 aromatic carbocycles. The Morgan fingerprint density at radius 1 is 0.500 bits per heavy atom. The number of benzene rings is 2. The maximum Gasteiger partial charge on any atom is -0.0238 e. The summed E-state index contributed by atoms with van der Waals surface area (Å²) in [6.45, 7) is 7.44. The van der Waals surface area contributed by atoms with Crippen LogP contribution in [-0.4, -0.2) is 0 Å². The van der Waals surface area contributed by atoms with Gasteiger partial charge in [0, 0.05) is 0 Å². The lowest BCUT2D eigenvalue weighted by Crippen LogP contribution is -1.62. The molecule has 0 nitrogen and oxygen atoms in total. The molecule has 0 fully saturated rings. The third-order valence-corrected chi connectivity index (χ3v) is 1.69. The molecule has 70 valence electrons. The first-order chi connectivity index (χ1) is 6.79. The first-order valence-corrected chi connectivity index (χ1v) is 4.53. The van der Waals surface area contributed by atoms with Crippen LogP contribution in [0.25, 0.3) is 0 Å². The number of hydrogen-bond acceptors (Lipinski definition) is 0. The third-order valence-electron chi connectivity index (χ3n) is 1.69. The van der Waals surface area contributed by atoms with Crippen molar-refractivity contribution in [1.29, 1.82) is 0 Å². The molecule has 0 saturated heterocycles. The molecule has 2 radical (unpaired) electrons. The lowest BCUT2D eigenvalue weighted by atomic mass is 10.2. The van der Waals surface area contributed by atoms with E-state index in [4.69, 9.17) is 0 Å². The average molecular weight is 182 g/mol. The van der Waals surface area contributed by atoms with Crippen LogP contribution in [0.1, 0.15) is 11.1 Å². The van der Waals surface area contributed by atoms with Gasteiger partial charge in [0.1, 0.15) is 0 Å². The van der Waals surface area contributed by atoms with Gasteiger partial charge in [-0.3, -0.25) is 0 Å². The van der Waals surface area contributed by atoms with Gasteiger partial charge in [-0.25, -0.2) is 0 Å². The summed E-state index contributed by atoms with van der Waals surface area (Å²) in [5, 5.41) is 0. The molecule has 0 amide bonds. The largest absolute Gasteiger partial charge is 0.0622 e. The molecule has 0 heteroatoms. The summed E-state index contributed by atoms with van der Waals surface area (Å²) >= 11 is 0. The van der Waals surface area contributed by atoms with Gasteiger partial charge in [0.05, 0.1) is 0 Å². The molecule has 0 aromatic heterocycles. The van der Waals surface area contributed by atoms with Gasteiger partial charge in [-0.05, 0) is 25.0 Å². The minimum Gasteiger partial charge on any atom is -0.0622 e. The van der Waals surface area contributed by atoms with Gasteiger partial charge in [0.25, 0.3) is 0 Å². The first kappa shape index (κ1) is 10.5. The molecule has 0 bridgehead atoms. The first-order valence-electron chi connectivity index (χ1n) is 4.53. The van der Waals surface area contributed by atoms with Crippen LogP contribution < -0.4 is 0 Å². The maximum atomic E-state index is 3.72. The van der Waals surface area contributed by atoms with E-state index in [1.165, 1.54) is 0 Å². The molecule has 2 aromatic rings. The highest BCUT2D eigenvalue weighted by Gasteiger charge is 1.72. The van der Waals surface area contributed by atoms with Gasteiger partial charge >= 0.3 is 0 Å². The summed E-state index contributed by atoms with van der Waals surface area (Å²) in [6.07, 6.45) is 0. The van der Waals surface area contributed by atoms with Gasteiger partial charge in [0.2, 0.25) is 0 Å². The van der Waals surface area contributed by atoms with Crippen LogP contribution in [0, 0.1) is 13.8 Å². The van der Waals surface area contributed by atoms with Gasteiger partial charge in [0.15, 0.2) is 0 Å². The molecule has 14 heavy (non-hydrogen) atoms. The van der Waals surface area contributed by atoms with E-state index in [0.29, 0.717) is 0 Å². The number of rotatable bonds is 0. The van der Waals surface area contributed by atoms with Crippen molar-refractivity contribution in [3.8, 4) is 0 Å². The fourth-order valence-electron chi connectivity index (χ4n) is 0.956. The lowest BCUT2D eigenvalue weighted by Gasteiger charge is -1.82. The zero-order valence-electron chi connectivity index (χ0n) is 8.19. The number of hydrogen-bond donors (Lipinski definition) is 0. The Balaban J connectivity index is 0.000000140. The van der Waals surface area contributed by atoms with Gasteiger partial charge in [-0.1, -0.05) is 60.7 Å². The Labute approximate surface area is 86.2 Å². The molecule has 0 aliphatic carbocycles. The van der Waals surface area contributed by atoms with E-state index in [-0.39, 0.29) is 0 Å². The molecule has 0 aliphatic rings. The van der Waals surface area contributed by atoms with Crippen LogP contribution >= 0.6 is 0 Å². The predicted octanol–water partition coefficient (Wildman–Crippen LogP) is 3.74. The Bertz CT molecular complexity index is 297. The second-order valence-corrected chi connectivity index (χ2v) is 2.97. The highest BCUT2D eigenvalue weighted by atomic mass is 13.8. The van der Waals surface area contributed by atoms with Crippen molar-refractivity contribution < 1.29 is 0 Å². The molecule has 0 saturated carbocycles. The van der Waals surface area contributed by atoms with Crippen molar-refractivity contribution in [1.82, 2.24) is 0 Å². The van der Waals surface area contributed by atoms with Gasteiger partial charge in [-0.15, -0.1) is 0 Å². The molecule has 0 spiro atoms. The minimum absolute atomic E-state index is 1.07. The van der Waals surface area contributed by atoms with E-state index in [9.17, 15) is 0 Å². The quantitative estimate of drug-likeness (QED) is 0.582. The molecule has 2 rings (SSSR count). The van der Waals surface area contributed by atoms with Crippen LogP contribution in [0.15, 0.2) is 60.7 Å². The van der Waals surface area contributed by atoms with Crippen molar-refractivity contribution in [2.75, 3.05) is 0 Å². The van der Waals surface area contributed by atoms with Gasteiger partial charge in [-0.2, -0.15) is 0 Å². The topological polar surface area (TPSA) is 0 Å². The second kappa shape index (κ2) is 5.98. The Kier molecular flexibility index (Phi) is 4.49. The van der Waals surface area contributed by atoms with E-state index in [1.54, 1.807) is 0 Å². The molecule has 0 atom stereocenters. The molecular weight excluding hydrogens is 168 g/mol. The summed E-state index contributed by atoms with van der Waals surface area (Å²) in [7, 11) is 0. The summed E-state index contributed by atoms with van der Waals surface area (Å²) < 4.78 is 0. The van der Waals surface area contributed by atoms with Crippen molar-refractivity contribution >= 4 is 0 Å². The molecule has 0 unspecified atom stereocenters. The van der Waals surface area contributed by atoms with E-state index in [0.717, 1.165) is 11.1 Å². The van der Waals surface area contributed by atoms with E-state index >= 15 is 0 Å². The van der Waals surface area contributed by atoms with E-state index in [1.807, 2.05) is 60.7 Å². The van der Waals surface area contributed by atoms with E-state index in [2.05, 4.69) is 13.8 Å². The zero-order chi connectivity index (χ0) is 10.2.